The summed E-state index contributed by atoms with van der Waals surface area (Å²) in [5, 5.41) is 0.657. The highest BCUT2D eigenvalue weighted by molar-refractivity contribution is 6.38. The molecule has 0 atom stereocenters. The van der Waals surface area contributed by atoms with E-state index in [0.29, 0.717) is 17.6 Å². The minimum absolute atomic E-state index is 0.0938. The smallest absolute Gasteiger partial charge is 0.345 e. The number of aryl methyl sites for hydroxylation is 1. The molecule has 0 aliphatic heterocycles. The summed E-state index contributed by atoms with van der Waals surface area (Å²) in [6.07, 6.45) is 1.58. The van der Waals surface area contributed by atoms with E-state index < -0.39 is 11.5 Å². The maximum absolute atomic E-state index is 12.3. The summed E-state index contributed by atoms with van der Waals surface area (Å²) >= 11 is 6.15. The molecule has 2 aromatic heterocycles. The van der Waals surface area contributed by atoms with Crippen LogP contribution in [-0.4, -0.2) is 22.1 Å². The zero-order valence-electron chi connectivity index (χ0n) is 10.6. The molecule has 6 heteroatoms. The maximum Gasteiger partial charge on any atom is 0.345 e. The van der Waals surface area contributed by atoms with Gasteiger partial charge in [0.2, 0.25) is 0 Å². The lowest BCUT2D eigenvalue weighted by Gasteiger charge is -2.11. The Kier molecular flexibility index (Phi) is 3.85. The molecule has 0 unspecified atom stereocenters. The second-order valence-electron chi connectivity index (χ2n) is 3.83. The summed E-state index contributed by atoms with van der Waals surface area (Å²) in [7, 11) is 0. The number of nitrogens with zero attached hydrogens (tertiary/aromatic N) is 2. The Bertz CT molecular complexity index is 694. The number of rotatable bonds is 3. The lowest BCUT2D eigenvalue weighted by Crippen LogP contribution is -2.28. The zero-order valence-corrected chi connectivity index (χ0v) is 11.4. The first-order valence-corrected chi connectivity index (χ1v) is 6.33. The van der Waals surface area contributed by atoms with Crippen LogP contribution in [0.25, 0.3) is 11.0 Å². The van der Waals surface area contributed by atoms with Crippen LogP contribution in [0.5, 0.6) is 0 Å². The van der Waals surface area contributed by atoms with E-state index in [2.05, 4.69) is 4.98 Å². The van der Waals surface area contributed by atoms with Gasteiger partial charge in [-0.3, -0.25) is 9.36 Å². The van der Waals surface area contributed by atoms with E-state index in [1.54, 1.807) is 32.2 Å². The van der Waals surface area contributed by atoms with E-state index in [-0.39, 0.29) is 17.2 Å². The Balaban J connectivity index is 2.85. The second-order valence-corrected chi connectivity index (χ2v) is 4.21. The van der Waals surface area contributed by atoms with Gasteiger partial charge in [0.05, 0.1) is 11.6 Å². The van der Waals surface area contributed by atoms with Crippen molar-refractivity contribution in [2.24, 2.45) is 0 Å². The highest BCUT2D eigenvalue weighted by Gasteiger charge is 2.22. The van der Waals surface area contributed by atoms with Crippen LogP contribution < -0.4 is 5.56 Å². The molecule has 0 bridgehead atoms. The van der Waals surface area contributed by atoms with Gasteiger partial charge in [0.1, 0.15) is 11.2 Å². The standard InChI is InChI=1S/C13H13ClN2O3/c1-3-16-11-8(6-5-7-15-11)10(14)9(12(16)17)13(18)19-4-2/h5-7H,3-4H2,1-2H3. The Hall–Kier alpha value is -1.88. The number of aromatic nitrogens is 2. The van der Waals surface area contributed by atoms with Gasteiger partial charge in [-0.15, -0.1) is 0 Å². The summed E-state index contributed by atoms with van der Waals surface area (Å²) in [5.74, 6) is -0.703. The summed E-state index contributed by atoms with van der Waals surface area (Å²) in [5.41, 5.74) is -0.143. The molecule has 0 fully saturated rings. The lowest BCUT2D eigenvalue weighted by atomic mass is 10.2. The van der Waals surface area contributed by atoms with Crippen LogP contribution in [-0.2, 0) is 11.3 Å². The van der Waals surface area contributed by atoms with Crippen LogP contribution in [0.1, 0.15) is 24.2 Å². The molecule has 19 heavy (non-hydrogen) atoms. The lowest BCUT2D eigenvalue weighted by molar-refractivity contribution is 0.0524. The van der Waals surface area contributed by atoms with E-state index in [1.165, 1.54) is 4.57 Å². The van der Waals surface area contributed by atoms with Crippen LogP contribution in [0.2, 0.25) is 5.02 Å². The molecule has 0 radical (unpaired) electrons. The first-order chi connectivity index (χ1) is 9.11. The van der Waals surface area contributed by atoms with Gasteiger partial charge in [-0.25, -0.2) is 9.78 Å². The van der Waals surface area contributed by atoms with Gasteiger partial charge in [0, 0.05) is 18.1 Å². The number of fused-ring (bicyclic) bond motifs is 1. The van der Waals surface area contributed by atoms with Gasteiger partial charge in [-0.2, -0.15) is 0 Å². The molecule has 0 aliphatic carbocycles. The summed E-state index contributed by atoms with van der Waals surface area (Å²) < 4.78 is 6.29. The molecule has 0 amide bonds. The maximum atomic E-state index is 12.3. The predicted octanol–water partition coefficient (Wildman–Crippen LogP) is 2.25. The fraction of sp³-hybridized carbons (Fsp3) is 0.308. The Morgan fingerprint density at radius 1 is 1.47 bits per heavy atom. The molecule has 2 aromatic rings. The highest BCUT2D eigenvalue weighted by atomic mass is 35.5. The molecule has 0 aliphatic rings. The highest BCUT2D eigenvalue weighted by Crippen LogP contribution is 2.24. The van der Waals surface area contributed by atoms with Crippen molar-refractivity contribution < 1.29 is 9.53 Å². The minimum Gasteiger partial charge on any atom is -0.462 e. The molecular weight excluding hydrogens is 268 g/mol. The number of pyridine rings is 2. The average molecular weight is 281 g/mol. The van der Waals surface area contributed by atoms with E-state index in [0.717, 1.165) is 0 Å². The van der Waals surface area contributed by atoms with Gasteiger partial charge in [0.15, 0.2) is 0 Å². The van der Waals surface area contributed by atoms with Crippen molar-refractivity contribution in [2.75, 3.05) is 6.61 Å². The first-order valence-electron chi connectivity index (χ1n) is 5.95. The molecule has 0 saturated heterocycles. The number of hydrogen-bond acceptors (Lipinski definition) is 4. The number of halogens is 1. The topological polar surface area (TPSA) is 61.2 Å². The summed E-state index contributed by atoms with van der Waals surface area (Å²) in [6, 6.07) is 3.42. The van der Waals surface area contributed by atoms with Crippen molar-refractivity contribution in [1.82, 2.24) is 9.55 Å². The van der Waals surface area contributed by atoms with Crippen molar-refractivity contribution in [2.45, 2.75) is 20.4 Å². The third-order valence-corrected chi connectivity index (χ3v) is 3.15. The zero-order chi connectivity index (χ0) is 14.0. The number of esters is 1. The molecular formula is C13H13ClN2O3. The summed E-state index contributed by atoms with van der Waals surface area (Å²) in [4.78, 5) is 28.3. The molecule has 2 rings (SSSR count). The summed E-state index contributed by atoms with van der Waals surface area (Å²) in [6.45, 7) is 4.06. The third-order valence-electron chi connectivity index (χ3n) is 2.75. The number of carbonyl (C=O) groups is 1. The predicted molar refractivity (Wildman–Crippen MR) is 72.6 cm³/mol. The van der Waals surface area contributed by atoms with E-state index in [9.17, 15) is 9.59 Å². The Labute approximate surface area is 114 Å². The molecule has 0 spiro atoms. The fourth-order valence-corrected chi connectivity index (χ4v) is 2.22. The van der Waals surface area contributed by atoms with Crippen molar-refractivity contribution in [1.29, 1.82) is 0 Å². The number of carbonyl (C=O) groups excluding carboxylic acids is 1. The van der Waals surface area contributed by atoms with Crippen molar-refractivity contribution >= 4 is 28.6 Å². The van der Waals surface area contributed by atoms with Crippen molar-refractivity contribution in [3.8, 4) is 0 Å². The average Bonchev–Trinajstić information content (AvgIpc) is 2.40. The van der Waals surface area contributed by atoms with E-state index >= 15 is 0 Å². The Morgan fingerprint density at radius 2 is 2.21 bits per heavy atom. The van der Waals surface area contributed by atoms with E-state index in [1.807, 2.05) is 0 Å². The molecule has 0 saturated carbocycles. The van der Waals surface area contributed by atoms with Crippen LogP contribution in [0, 0.1) is 0 Å². The molecule has 2 heterocycles. The van der Waals surface area contributed by atoms with E-state index in [4.69, 9.17) is 16.3 Å². The van der Waals surface area contributed by atoms with Crippen LogP contribution in [0.4, 0.5) is 0 Å². The van der Waals surface area contributed by atoms with Crippen molar-refractivity contribution in [3.63, 3.8) is 0 Å². The van der Waals surface area contributed by atoms with Gasteiger partial charge < -0.3 is 4.74 Å². The van der Waals surface area contributed by atoms with Gasteiger partial charge in [0.25, 0.3) is 5.56 Å². The first kappa shape index (κ1) is 13.5. The fourth-order valence-electron chi connectivity index (χ4n) is 1.92. The molecule has 0 N–H and O–H groups in total. The SMILES string of the molecule is CCOC(=O)c1c(Cl)c2cccnc2n(CC)c1=O. The molecule has 5 nitrogen and oxygen atoms in total. The monoisotopic (exact) mass is 280 g/mol. The van der Waals surface area contributed by atoms with Crippen LogP contribution in [0.3, 0.4) is 0 Å². The molecule has 100 valence electrons. The number of ether oxygens (including phenoxy) is 1. The normalized spacial score (nSPS) is 10.7. The van der Waals surface area contributed by atoms with Gasteiger partial charge in [-0.1, -0.05) is 11.6 Å². The van der Waals surface area contributed by atoms with Gasteiger partial charge >= 0.3 is 5.97 Å². The third kappa shape index (κ3) is 2.21. The Morgan fingerprint density at radius 3 is 2.84 bits per heavy atom. The minimum atomic E-state index is -0.703. The number of hydrogen-bond donors (Lipinski definition) is 0. The van der Waals surface area contributed by atoms with Crippen molar-refractivity contribution in [3.05, 3.63) is 39.3 Å². The van der Waals surface area contributed by atoms with Crippen LogP contribution in [0.15, 0.2) is 23.1 Å². The molecule has 0 aromatic carbocycles. The van der Waals surface area contributed by atoms with Crippen LogP contribution >= 0.6 is 11.6 Å². The quantitative estimate of drug-likeness (QED) is 0.809. The van der Waals surface area contributed by atoms with Gasteiger partial charge in [-0.05, 0) is 26.0 Å². The largest absolute Gasteiger partial charge is 0.462 e. The second kappa shape index (κ2) is 5.40.